The molecule has 1 aliphatic heterocycles. The summed E-state index contributed by atoms with van der Waals surface area (Å²) in [5.74, 6) is 0.749. The zero-order chi connectivity index (χ0) is 16.2. The highest BCUT2D eigenvalue weighted by Crippen LogP contribution is 2.22. The molecule has 0 unspecified atom stereocenters. The van der Waals surface area contributed by atoms with Crippen molar-refractivity contribution in [1.82, 2.24) is 19.9 Å². The van der Waals surface area contributed by atoms with E-state index in [0.717, 1.165) is 43.0 Å². The Bertz CT molecular complexity index is 655. The summed E-state index contributed by atoms with van der Waals surface area (Å²) in [7, 11) is 2.09. The predicted octanol–water partition coefficient (Wildman–Crippen LogP) is 2.42. The number of rotatable bonds is 4. The van der Waals surface area contributed by atoms with E-state index in [-0.39, 0.29) is 5.82 Å². The molecular formula is C17H22FN5. The van der Waals surface area contributed by atoms with Crippen molar-refractivity contribution >= 4 is 5.82 Å². The van der Waals surface area contributed by atoms with Crippen LogP contribution in [0.3, 0.4) is 0 Å². The summed E-state index contributed by atoms with van der Waals surface area (Å²) in [5.41, 5.74) is 1.70. The van der Waals surface area contributed by atoms with Gasteiger partial charge in [-0.15, -0.1) is 0 Å². The van der Waals surface area contributed by atoms with Crippen molar-refractivity contribution in [2.75, 3.05) is 25.0 Å². The van der Waals surface area contributed by atoms with Crippen LogP contribution in [-0.4, -0.2) is 46.0 Å². The maximum atomic E-state index is 13.7. The normalized spacial score (nSPS) is 16.5. The van der Waals surface area contributed by atoms with Crippen LogP contribution in [0, 0.1) is 12.7 Å². The van der Waals surface area contributed by atoms with Crippen LogP contribution < -0.4 is 4.90 Å². The Balaban J connectivity index is 1.57. The van der Waals surface area contributed by atoms with Gasteiger partial charge in [0.15, 0.2) is 0 Å². The molecule has 0 atom stereocenters. The van der Waals surface area contributed by atoms with Gasteiger partial charge in [0, 0.05) is 56.2 Å². The number of hydrogen-bond acceptors (Lipinski definition) is 5. The number of piperidine rings is 1. The molecule has 3 heterocycles. The van der Waals surface area contributed by atoms with Gasteiger partial charge in [0.25, 0.3) is 0 Å². The minimum atomic E-state index is -0.219. The first-order chi connectivity index (χ1) is 11.1. The molecule has 122 valence electrons. The lowest BCUT2D eigenvalue weighted by molar-refractivity contribution is 0.201. The van der Waals surface area contributed by atoms with E-state index in [9.17, 15) is 4.39 Å². The maximum absolute atomic E-state index is 13.7. The molecule has 2 aromatic rings. The van der Waals surface area contributed by atoms with Crippen molar-refractivity contribution in [1.29, 1.82) is 0 Å². The Labute approximate surface area is 136 Å². The summed E-state index contributed by atoms with van der Waals surface area (Å²) >= 11 is 0. The van der Waals surface area contributed by atoms with Crippen LogP contribution in [-0.2, 0) is 6.54 Å². The highest BCUT2D eigenvalue weighted by Gasteiger charge is 2.23. The lowest BCUT2D eigenvalue weighted by atomic mass is 10.0. The highest BCUT2D eigenvalue weighted by molar-refractivity contribution is 5.39. The molecule has 5 nitrogen and oxygen atoms in total. The predicted molar refractivity (Wildman–Crippen MR) is 87.7 cm³/mol. The number of hydrogen-bond donors (Lipinski definition) is 0. The van der Waals surface area contributed by atoms with Crippen molar-refractivity contribution in [2.24, 2.45) is 0 Å². The SMILES string of the molecule is Cc1cc(N(C)C2CCN(Cc3ccncc3F)CC2)ncn1. The second-order valence-electron chi connectivity index (χ2n) is 6.10. The number of pyridine rings is 1. The van der Waals surface area contributed by atoms with Crippen molar-refractivity contribution < 1.29 is 4.39 Å². The van der Waals surface area contributed by atoms with Gasteiger partial charge in [-0.25, -0.2) is 14.4 Å². The quantitative estimate of drug-likeness (QED) is 0.867. The molecule has 0 spiro atoms. The zero-order valence-corrected chi connectivity index (χ0v) is 13.6. The molecule has 3 rings (SSSR count). The molecule has 1 aliphatic rings. The van der Waals surface area contributed by atoms with Gasteiger partial charge >= 0.3 is 0 Å². The van der Waals surface area contributed by atoms with E-state index in [4.69, 9.17) is 0 Å². The van der Waals surface area contributed by atoms with Crippen LogP contribution in [0.5, 0.6) is 0 Å². The lowest BCUT2D eigenvalue weighted by Gasteiger charge is -2.37. The average Bonchev–Trinajstić information content (AvgIpc) is 2.57. The van der Waals surface area contributed by atoms with E-state index < -0.39 is 0 Å². The Kier molecular flexibility index (Phi) is 4.81. The van der Waals surface area contributed by atoms with Gasteiger partial charge in [-0.3, -0.25) is 9.88 Å². The first-order valence-electron chi connectivity index (χ1n) is 7.95. The van der Waals surface area contributed by atoms with Gasteiger partial charge in [-0.05, 0) is 25.8 Å². The van der Waals surface area contributed by atoms with E-state index in [0.29, 0.717) is 12.6 Å². The van der Waals surface area contributed by atoms with Crippen LogP contribution in [0.15, 0.2) is 30.9 Å². The fourth-order valence-electron chi connectivity index (χ4n) is 3.06. The molecule has 0 aliphatic carbocycles. The second kappa shape index (κ2) is 7.00. The largest absolute Gasteiger partial charge is 0.356 e. The van der Waals surface area contributed by atoms with Crippen LogP contribution in [0.1, 0.15) is 24.1 Å². The fourth-order valence-corrected chi connectivity index (χ4v) is 3.06. The summed E-state index contributed by atoms with van der Waals surface area (Å²) < 4.78 is 13.7. The average molecular weight is 315 g/mol. The number of aryl methyl sites for hydroxylation is 1. The number of halogens is 1. The molecule has 0 N–H and O–H groups in total. The van der Waals surface area contributed by atoms with Gasteiger partial charge in [-0.1, -0.05) is 0 Å². The van der Waals surface area contributed by atoms with E-state index in [1.807, 2.05) is 13.0 Å². The number of anilines is 1. The van der Waals surface area contributed by atoms with Gasteiger partial charge in [0.1, 0.15) is 18.0 Å². The van der Waals surface area contributed by atoms with Crippen LogP contribution in [0.4, 0.5) is 10.2 Å². The van der Waals surface area contributed by atoms with Gasteiger partial charge in [0.2, 0.25) is 0 Å². The molecule has 2 aromatic heterocycles. The summed E-state index contributed by atoms with van der Waals surface area (Å²) in [5, 5.41) is 0. The molecule has 6 heteroatoms. The Morgan fingerprint density at radius 1 is 1.30 bits per heavy atom. The first kappa shape index (κ1) is 15.8. The summed E-state index contributed by atoms with van der Waals surface area (Å²) in [6.07, 6.45) is 6.64. The van der Waals surface area contributed by atoms with Gasteiger partial charge in [0.05, 0.1) is 6.20 Å². The molecular weight excluding hydrogens is 293 g/mol. The third kappa shape index (κ3) is 3.82. The van der Waals surface area contributed by atoms with E-state index >= 15 is 0 Å². The second-order valence-corrected chi connectivity index (χ2v) is 6.10. The topological polar surface area (TPSA) is 45.2 Å². The molecule has 23 heavy (non-hydrogen) atoms. The molecule has 0 amide bonds. The van der Waals surface area contributed by atoms with Crippen LogP contribution in [0.2, 0.25) is 0 Å². The summed E-state index contributed by atoms with van der Waals surface area (Å²) in [6, 6.07) is 4.23. The Morgan fingerprint density at radius 3 is 2.78 bits per heavy atom. The molecule has 0 radical (unpaired) electrons. The minimum Gasteiger partial charge on any atom is -0.356 e. The zero-order valence-electron chi connectivity index (χ0n) is 13.6. The van der Waals surface area contributed by atoms with Gasteiger partial charge < -0.3 is 4.90 Å². The van der Waals surface area contributed by atoms with Crippen LogP contribution in [0.25, 0.3) is 0 Å². The number of nitrogens with zero attached hydrogens (tertiary/aromatic N) is 5. The van der Waals surface area contributed by atoms with Crippen molar-refractivity contribution in [3.05, 3.63) is 47.9 Å². The number of likely N-dealkylation sites (tertiary alicyclic amines) is 1. The lowest BCUT2D eigenvalue weighted by Crippen LogP contribution is -2.43. The summed E-state index contributed by atoms with van der Waals surface area (Å²) in [4.78, 5) is 16.8. The molecule has 0 bridgehead atoms. The summed E-state index contributed by atoms with van der Waals surface area (Å²) in [6.45, 7) is 4.55. The monoisotopic (exact) mass is 315 g/mol. The third-order valence-corrected chi connectivity index (χ3v) is 4.51. The van der Waals surface area contributed by atoms with Crippen LogP contribution >= 0.6 is 0 Å². The van der Waals surface area contributed by atoms with Gasteiger partial charge in [-0.2, -0.15) is 0 Å². The van der Waals surface area contributed by atoms with Crippen molar-refractivity contribution in [2.45, 2.75) is 32.4 Å². The Hall–Kier alpha value is -2.08. The minimum absolute atomic E-state index is 0.219. The maximum Gasteiger partial charge on any atom is 0.145 e. The molecule has 0 aromatic carbocycles. The molecule has 1 saturated heterocycles. The smallest absolute Gasteiger partial charge is 0.145 e. The highest BCUT2D eigenvalue weighted by atomic mass is 19.1. The first-order valence-corrected chi connectivity index (χ1v) is 7.95. The standard InChI is InChI=1S/C17H22FN5/c1-13-9-17(21-12-20-13)22(2)15-4-7-23(8-5-15)11-14-3-6-19-10-16(14)18/h3,6,9-10,12,15H,4-5,7-8,11H2,1-2H3. The van der Waals surface area contributed by atoms with Crippen molar-refractivity contribution in [3.63, 3.8) is 0 Å². The van der Waals surface area contributed by atoms with E-state index in [1.54, 1.807) is 18.6 Å². The van der Waals surface area contributed by atoms with E-state index in [1.165, 1.54) is 6.20 Å². The number of aromatic nitrogens is 3. The fraction of sp³-hybridized carbons (Fsp3) is 0.471. The third-order valence-electron chi connectivity index (χ3n) is 4.51. The Morgan fingerprint density at radius 2 is 2.09 bits per heavy atom. The molecule has 0 saturated carbocycles. The molecule has 1 fully saturated rings. The van der Waals surface area contributed by atoms with Crippen molar-refractivity contribution in [3.8, 4) is 0 Å². The van der Waals surface area contributed by atoms with E-state index in [2.05, 4.69) is 31.8 Å².